The number of benzene rings is 1. The third-order valence-corrected chi connectivity index (χ3v) is 7.85. The lowest BCUT2D eigenvalue weighted by Crippen LogP contribution is -2.19. The summed E-state index contributed by atoms with van der Waals surface area (Å²) >= 11 is 2.76. The van der Waals surface area contributed by atoms with Gasteiger partial charge in [0, 0.05) is 11.4 Å². The van der Waals surface area contributed by atoms with Crippen LogP contribution in [0.25, 0.3) is 11.4 Å². The molecule has 36 heavy (non-hydrogen) atoms. The van der Waals surface area contributed by atoms with E-state index in [1.54, 1.807) is 13.2 Å². The second-order valence-electron chi connectivity index (χ2n) is 8.61. The molecule has 0 spiro atoms. The maximum absolute atomic E-state index is 13.0. The topological polar surface area (TPSA) is 95.3 Å². The molecule has 1 amide bonds. The number of methoxy groups -OCH3 is 1. The molecule has 0 fully saturated rings. The smallest absolute Gasteiger partial charge is 0.341 e. The van der Waals surface area contributed by atoms with Gasteiger partial charge in [0.15, 0.2) is 11.0 Å². The van der Waals surface area contributed by atoms with E-state index in [0.29, 0.717) is 33.8 Å². The van der Waals surface area contributed by atoms with Gasteiger partial charge < -0.3 is 14.8 Å². The first-order valence-electron chi connectivity index (χ1n) is 11.9. The molecule has 0 saturated carbocycles. The summed E-state index contributed by atoms with van der Waals surface area (Å²) in [5.41, 5.74) is 2.34. The fraction of sp³-hybridized carbons (Fsp3) is 0.385. The van der Waals surface area contributed by atoms with Crippen molar-refractivity contribution in [1.29, 1.82) is 0 Å². The van der Waals surface area contributed by atoms with Crippen LogP contribution in [0, 0.1) is 0 Å². The Bertz CT molecular complexity index is 1260. The van der Waals surface area contributed by atoms with Crippen LogP contribution in [0.5, 0.6) is 5.75 Å². The molecule has 0 saturated heterocycles. The van der Waals surface area contributed by atoms with Crippen molar-refractivity contribution in [3.63, 3.8) is 0 Å². The lowest BCUT2D eigenvalue weighted by atomic mass is 9.95. The Morgan fingerprint density at radius 2 is 2.03 bits per heavy atom. The van der Waals surface area contributed by atoms with E-state index < -0.39 is 0 Å². The molecular formula is C26H30N4O4S2. The van der Waals surface area contributed by atoms with E-state index in [1.807, 2.05) is 42.7 Å². The third kappa shape index (κ3) is 5.65. The van der Waals surface area contributed by atoms with Gasteiger partial charge in [-0.2, -0.15) is 0 Å². The normalized spacial score (nSPS) is 12.8. The van der Waals surface area contributed by atoms with Crippen LogP contribution in [-0.4, -0.2) is 45.6 Å². The van der Waals surface area contributed by atoms with Gasteiger partial charge in [-0.3, -0.25) is 9.36 Å². The van der Waals surface area contributed by atoms with Crippen molar-refractivity contribution < 1.29 is 19.1 Å². The van der Waals surface area contributed by atoms with Crippen molar-refractivity contribution in [3.05, 3.63) is 52.9 Å². The van der Waals surface area contributed by atoms with Gasteiger partial charge in [-0.05, 0) is 57.2 Å². The molecule has 1 aliphatic carbocycles. The molecule has 0 bridgehead atoms. The number of hydrogen-bond donors (Lipinski definition) is 1. The van der Waals surface area contributed by atoms with Crippen molar-refractivity contribution in [2.24, 2.45) is 0 Å². The highest BCUT2D eigenvalue weighted by atomic mass is 32.2. The minimum atomic E-state index is -0.375. The predicted molar refractivity (Wildman–Crippen MR) is 143 cm³/mol. The zero-order chi connectivity index (χ0) is 25.7. The second-order valence-corrected chi connectivity index (χ2v) is 10.7. The lowest BCUT2D eigenvalue weighted by molar-refractivity contribution is -0.113. The fourth-order valence-corrected chi connectivity index (χ4v) is 6.19. The van der Waals surface area contributed by atoms with Gasteiger partial charge in [0.1, 0.15) is 10.8 Å². The van der Waals surface area contributed by atoms with E-state index in [1.165, 1.54) is 23.1 Å². The third-order valence-electron chi connectivity index (χ3n) is 5.68. The summed E-state index contributed by atoms with van der Waals surface area (Å²) in [4.78, 5) is 27.0. The summed E-state index contributed by atoms with van der Waals surface area (Å²) in [7, 11) is 1.61. The molecule has 0 unspecified atom stereocenters. The van der Waals surface area contributed by atoms with Gasteiger partial charge in [-0.1, -0.05) is 30.0 Å². The van der Waals surface area contributed by atoms with Crippen molar-refractivity contribution in [2.75, 3.05) is 18.2 Å². The minimum absolute atomic E-state index is 0.114. The number of carbonyl (C=O) groups is 2. The van der Waals surface area contributed by atoms with Crippen LogP contribution >= 0.6 is 23.1 Å². The average molecular weight is 527 g/mol. The molecule has 0 radical (unpaired) electrons. The Hall–Kier alpha value is -3.11. The molecule has 190 valence electrons. The van der Waals surface area contributed by atoms with Crippen LogP contribution in [0.15, 0.2) is 42.1 Å². The molecule has 3 aromatic rings. The summed E-state index contributed by atoms with van der Waals surface area (Å²) in [6, 6.07) is 7.59. The molecule has 4 rings (SSSR count). The first-order valence-corrected chi connectivity index (χ1v) is 13.7. The lowest BCUT2D eigenvalue weighted by Gasteiger charge is -2.14. The number of allylic oxidation sites excluding steroid dienone is 1. The highest BCUT2D eigenvalue weighted by molar-refractivity contribution is 7.99. The van der Waals surface area contributed by atoms with Gasteiger partial charge >= 0.3 is 5.97 Å². The second kappa shape index (κ2) is 11.7. The SMILES string of the molecule is C=CCn1c(SCC(=O)Nc2sc3c(c2C(=O)OC(C)C)CCCC3)nnc1-c1ccccc1OC. The monoisotopic (exact) mass is 526 g/mol. The molecular weight excluding hydrogens is 496 g/mol. The van der Waals surface area contributed by atoms with E-state index in [0.717, 1.165) is 41.7 Å². The molecule has 0 atom stereocenters. The molecule has 1 aromatic carbocycles. The quantitative estimate of drug-likeness (QED) is 0.215. The van der Waals surface area contributed by atoms with Crippen LogP contribution in [0.4, 0.5) is 5.00 Å². The molecule has 1 N–H and O–H groups in total. The number of aryl methyl sites for hydroxylation is 1. The summed E-state index contributed by atoms with van der Waals surface area (Å²) in [5.74, 6) is 0.846. The van der Waals surface area contributed by atoms with E-state index in [9.17, 15) is 9.59 Å². The first-order chi connectivity index (χ1) is 17.4. The number of thioether (sulfide) groups is 1. The maximum Gasteiger partial charge on any atom is 0.341 e. The van der Waals surface area contributed by atoms with Crippen molar-refractivity contribution >= 4 is 40.0 Å². The summed E-state index contributed by atoms with van der Waals surface area (Å²) in [6.07, 6.45) is 5.39. The highest BCUT2D eigenvalue weighted by Crippen LogP contribution is 2.39. The number of nitrogens with one attached hydrogen (secondary N) is 1. The number of rotatable bonds is 10. The Kier molecular flexibility index (Phi) is 8.48. The molecule has 2 heterocycles. The standard InChI is InChI=1S/C26H30N4O4S2/c1-5-14-30-23(17-10-6-8-12-19(17)33-4)28-29-26(30)35-15-21(31)27-24-22(25(32)34-16(2)3)18-11-7-9-13-20(18)36-24/h5-6,8,10,12,16H,1,7,9,11,13-15H2,2-4H3,(H,27,31). The van der Waals surface area contributed by atoms with Crippen molar-refractivity contribution in [3.8, 4) is 17.1 Å². The molecule has 1 aliphatic rings. The van der Waals surface area contributed by atoms with Crippen LogP contribution in [-0.2, 0) is 28.9 Å². The van der Waals surface area contributed by atoms with E-state index in [-0.39, 0.29) is 23.7 Å². The zero-order valence-electron chi connectivity index (χ0n) is 20.7. The van der Waals surface area contributed by atoms with Crippen LogP contribution in [0.3, 0.4) is 0 Å². The van der Waals surface area contributed by atoms with E-state index in [4.69, 9.17) is 9.47 Å². The predicted octanol–water partition coefficient (Wildman–Crippen LogP) is 5.38. The van der Waals surface area contributed by atoms with Gasteiger partial charge in [-0.25, -0.2) is 4.79 Å². The number of hydrogen-bond acceptors (Lipinski definition) is 8. The van der Waals surface area contributed by atoms with Gasteiger partial charge in [-0.15, -0.1) is 28.1 Å². The van der Waals surface area contributed by atoms with E-state index in [2.05, 4.69) is 22.1 Å². The number of esters is 1. The maximum atomic E-state index is 13.0. The fourth-order valence-electron chi connectivity index (χ4n) is 4.15. The average Bonchev–Trinajstić information content (AvgIpc) is 3.43. The molecule has 10 heteroatoms. The number of carbonyl (C=O) groups excluding carboxylic acids is 2. The van der Waals surface area contributed by atoms with Crippen LogP contribution in [0.2, 0.25) is 0 Å². The largest absolute Gasteiger partial charge is 0.496 e. The number of fused-ring (bicyclic) bond motifs is 1. The summed E-state index contributed by atoms with van der Waals surface area (Å²) in [5, 5.41) is 12.8. The van der Waals surface area contributed by atoms with Gasteiger partial charge in [0.05, 0.1) is 30.1 Å². The van der Waals surface area contributed by atoms with Crippen molar-refractivity contribution in [1.82, 2.24) is 14.8 Å². The zero-order valence-corrected chi connectivity index (χ0v) is 22.3. The number of anilines is 1. The number of amides is 1. The van der Waals surface area contributed by atoms with Crippen LogP contribution in [0.1, 0.15) is 47.5 Å². The Balaban J connectivity index is 1.52. The highest BCUT2D eigenvalue weighted by Gasteiger charge is 2.28. The summed E-state index contributed by atoms with van der Waals surface area (Å²) in [6.45, 7) is 7.97. The van der Waals surface area contributed by atoms with Crippen molar-refractivity contribution in [2.45, 2.75) is 57.3 Å². The number of ether oxygens (including phenoxy) is 2. The molecule has 2 aromatic heterocycles. The summed E-state index contributed by atoms with van der Waals surface area (Å²) < 4.78 is 12.9. The number of para-hydroxylation sites is 1. The Labute approximate surface area is 219 Å². The number of nitrogens with zero attached hydrogens (tertiary/aromatic N) is 3. The van der Waals surface area contributed by atoms with Gasteiger partial charge in [0.25, 0.3) is 0 Å². The van der Waals surface area contributed by atoms with E-state index >= 15 is 0 Å². The first kappa shape index (κ1) is 26.0. The number of aromatic nitrogens is 3. The number of thiophene rings is 1. The van der Waals surface area contributed by atoms with Gasteiger partial charge in [0.2, 0.25) is 5.91 Å². The Morgan fingerprint density at radius 1 is 1.25 bits per heavy atom. The minimum Gasteiger partial charge on any atom is -0.496 e. The Morgan fingerprint density at radius 3 is 2.78 bits per heavy atom. The molecule has 0 aliphatic heterocycles. The molecule has 8 nitrogen and oxygen atoms in total. The van der Waals surface area contributed by atoms with Crippen LogP contribution < -0.4 is 10.1 Å².